The molecule has 1 unspecified atom stereocenters. The van der Waals surface area contributed by atoms with E-state index in [9.17, 15) is 4.21 Å². The Balaban J connectivity index is 2.24. The van der Waals surface area contributed by atoms with E-state index in [4.69, 9.17) is 10.5 Å². The summed E-state index contributed by atoms with van der Waals surface area (Å²) in [7, 11) is 0.508. The van der Waals surface area contributed by atoms with E-state index >= 15 is 0 Å². The van der Waals surface area contributed by atoms with Crippen molar-refractivity contribution in [2.75, 3.05) is 12.8 Å². The van der Waals surface area contributed by atoms with Crippen LogP contribution >= 0.6 is 0 Å². The molecular weight excluding hydrogens is 246 g/mol. The molecule has 0 aromatic heterocycles. The third-order valence-electron chi connectivity index (χ3n) is 2.60. The van der Waals surface area contributed by atoms with Gasteiger partial charge in [-0.3, -0.25) is 4.21 Å². The average Bonchev–Trinajstić information content (AvgIpc) is 2.40. The standard InChI is InChI=1S/C14H15NO2S/c1-17-14-8-7-12(15)9-11(14)10-18(16)13-5-3-2-4-6-13/h2-9H,10,15H2,1H3. The number of ether oxygens (including phenoxy) is 1. The first-order valence-electron chi connectivity index (χ1n) is 5.56. The van der Waals surface area contributed by atoms with Crippen LogP contribution in [0.2, 0.25) is 0 Å². The van der Waals surface area contributed by atoms with E-state index < -0.39 is 10.8 Å². The minimum atomic E-state index is -1.09. The first kappa shape index (κ1) is 12.6. The van der Waals surface area contributed by atoms with Gasteiger partial charge < -0.3 is 10.5 Å². The maximum absolute atomic E-state index is 12.2. The summed E-state index contributed by atoms with van der Waals surface area (Å²) < 4.78 is 17.5. The minimum absolute atomic E-state index is 0.401. The van der Waals surface area contributed by atoms with Crippen LogP contribution in [0.1, 0.15) is 5.56 Å². The maximum Gasteiger partial charge on any atom is 0.123 e. The zero-order chi connectivity index (χ0) is 13.0. The Morgan fingerprint density at radius 1 is 1.17 bits per heavy atom. The van der Waals surface area contributed by atoms with Gasteiger partial charge >= 0.3 is 0 Å². The van der Waals surface area contributed by atoms with Gasteiger partial charge in [0.05, 0.1) is 23.7 Å². The van der Waals surface area contributed by atoms with Gasteiger partial charge in [-0.25, -0.2) is 0 Å². The Bertz CT molecular complexity index is 555. The second-order valence-corrected chi connectivity index (χ2v) is 5.33. The zero-order valence-corrected chi connectivity index (χ0v) is 10.9. The molecule has 2 aromatic rings. The highest BCUT2D eigenvalue weighted by atomic mass is 32.2. The van der Waals surface area contributed by atoms with Crippen LogP contribution in [0.15, 0.2) is 53.4 Å². The van der Waals surface area contributed by atoms with Gasteiger partial charge in [0.25, 0.3) is 0 Å². The van der Waals surface area contributed by atoms with E-state index in [0.717, 1.165) is 10.5 Å². The molecule has 0 aliphatic carbocycles. The van der Waals surface area contributed by atoms with E-state index in [0.29, 0.717) is 17.2 Å². The van der Waals surface area contributed by atoms with Crippen LogP contribution in [0.3, 0.4) is 0 Å². The van der Waals surface area contributed by atoms with Gasteiger partial charge in [-0.05, 0) is 30.3 Å². The molecule has 18 heavy (non-hydrogen) atoms. The van der Waals surface area contributed by atoms with Crippen molar-refractivity contribution in [2.24, 2.45) is 0 Å². The smallest absolute Gasteiger partial charge is 0.123 e. The molecule has 0 bridgehead atoms. The van der Waals surface area contributed by atoms with Gasteiger partial charge in [0.2, 0.25) is 0 Å². The van der Waals surface area contributed by atoms with E-state index in [-0.39, 0.29) is 0 Å². The molecule has 0 spiro atoms. The van der Waals surface area contributed by atoms with Crippen molar-refractivity contribution in [2.45, 2.75) is 10.6 Å². The predicted octanol–water partition coefficient (Wildman–Crippen LogP) is 2.59. The van der Waals surface area contributed by atoms with Gasteiger partial charge in [0.1, 0.15) is 5.75 Å². The summed E-state index contributed by atoms with van der Waals surface area (Å²) in [5.41, 5.74) is 7.25. The normalized spacial score (nSPS) is 12.1. The summed E-state index contributed by atoms with van der Waals surface area (Å²) in [4.78, 5) is 0.807. The zero-order valence-electron chi connectivity index (χ0n) is 10.1. The Kier molecular flexibility index (Phi) is 3.99. The van der Waals surface area contributed by atoms with Crippen molar-refractivity contribution in [3.05, 3.63) is 54.1 Å². The van der Waals surface area contributed by atoms with Crippen molar-refractivity contribution in [3.8, 4) is 5.75 Å². The molecular formula is C14H15NO2S. The van der Waals surface area contributed by atoms with Crippen molar-refractivity contribution in [3.63, 3.8) is 0 Å². The van der Waals surface area contributed by atoms with E-state index in [1.54, 1.807) is 25.3 Å². The van der Waals surface area contributed by atoms with Crippen LogP contribution in [-0.2, 0) is 16.6 Å². The number of rotatable bonds is 4. The quantitative estimate of drug-likeness (QED) is 0.861. The first-order chi connectivity index (χ1) is 8.70. The molecule has 2 N–H and O–H groups in total. The Morgan fingerprint density at radius 2 is 1.89 bits per heavy atom. The lowest BCUT2D eigenvalue weighted by Gasteiger charge is -2.09. The van der Waals surface area contributed by atoms with Crippen molar-refractivity contribution < 1.29 is 8.95 Å². The molecule has 0 fully saturated rings. The Labute approximate surface area is 109 Å². The molecule has 0 aliphatic rings. The molecule has 0 heterocycles. The molecule has 0 saturated heterocycles. The Morgan fingerprint density at radius 3 is 2.56 bits per heavy atom. The minimum Gasteiger partial charge on any atom is -0.496 e. The van der Waals surface area contributed by atoms with E-state index in [1.165, 1.54) is 0 Å². The molecule has 3 nitrogen and oxygen atoms in total. The summed E-state index contributed by atoms with van der Waals surface area (Å²) >= 11 is 0. The topological polar surface area (TPSA) is 52.3 Å². The van der Waals surface area contributed by atoms with Gasteiger partial charge in [-0.1, -0.05) is 18.2 Å². The summed E-state index contributed by atoms with van der Waals surface area (Å²) in [5, 5.41) is 0. The number of nitrogens with two attached hydrogens (primary N) is 1. The van der Waals surface area contributed by atoms with Gasteiger partial charge in [0, 0.05) is 16.1 Å². The summed E-state index contributed by atoms with van der Waals surface area (Å²) in [6.45, 7) is 0. The molecule has 0 radical (unpaired) electrons. The number of nitrogen functional groups attached to an aromatic ring is 1. The molecule has 4 heteroatoms. The lowest BCUT2D eigenvalue weighted by atomic mass is 10.2. The van der Waals surface area contributed by atoms with Crippen LogP contribution in [0.4, 0.5) is 5.69 Å². The van der Waals surface area contributed by atoms with Crippen LogP contribution in [0, 0.1) is 0 Å². The second kappa shape index (κ2) is 5.69. The van der Waals surface area contributed by atoms with Gasteiger partial charge in [-0.15, -0.1) is 0 Å². The van der Waals surface area contributed by atoms with Crippen LogP contribution < -0.4 is 10.5 Å². The lowest BCUT2D eigenvalue weighted by molar-refractivity contribution is 0.411. The fraction of sp³-hybridized carbons (Fsp3) is 0.143. The highest BCUT2D eigenvalue weighted by Gasteiger charge is 2.09. The lowest BCUT2D eigenvalue weighted by Crippen LogP contribution is -2.00. The SMILES string of the molecule is COc1ccc(N)cc1CS(=O)c1ccccc1. The third-order valence-corrected chi connectivity index (χ3v) is 3.97. The molecule has 0 saturated carbocycles. The molecule has 2 rings (SSSR count). The van der Waals surface area contributed by atoms with Crippen LogP contribution in [-0.4, -0.2) is 11.3 Å². The monoisotopic (exact) mass is 261 g/mol. The van der Waals surface area contributed by atoms with E-state index in [1.807, 2.05) is 30.3 Å². The summed E-state index contributed by atoms with van der Waals surface area (Å²) in [6, 6.07) is 14.7. The maximum atomic E-state index is 12.2. The second-order valence-electron chi connectivity index (χ2n) is 3.87. The number of hydrogen-bond acceptors (Lipinski definition) is 3. The molecule has 0 amide bonds. The van der Waals surface area contributed by atoms with Gasteiger partial charge in [0.15, 0.2) is 0 Å². The van der Waals surface area contributed by atoms with Crippen LogP contribution in [0.5, 0.6) is 5.75 Å². The molecule has 2 aromatic carbocycles. The third kappa shape index (κ3) is 2.90. The Hall–Kier alpha value is -1.81. The number of anilines is 1. The highest BCUT2D eigenvalue weighted by molar-refractivity contribution is 7.84. The number of benzene rings is 2. The van der Waals surface area contributed by atoms with Crippen LogP contribution in [0.25, 0.3) is 0 Å². The van der Waals surface area contributed by atoms with Crippen molar-refractivity contribution in [1.82, 2.24) is 0 Å². The predicted molar refractivity (Wildman–Crippen MR) is 74.0 cm³/mol. The van der Waals surface area contributed by atoms with Crippen molar-refractivity contribution in [1.29, 1.82) is 0 Å². The van der Waals surface area contributed by atoms with E-state index in [2.05, 4.69) is 0 Å². The number of hydrogen-bond donors (Lipinski definition) is 1. The van der Waals surface area contributed by atoms with Gasteiger partial charge in [-0.2, -0.15) is 0 Å². The van der Waals surface area contributed by atoms with Crippen molar-refractivity contribution >= 4 is 16.5 Å². The molecule has 1 atom stereocenters. The summed E-state index contributed by atoms with van der Waals surface area (Å²) in [6.07, 6.45) is 0. The highest BCUT2D eigenvalue weighted by Crippen LogP contribution is 2.24. The average molecular weight is 261 g/mol. The number of methoxy groups -OCH3 is 1. The first-order valence-corrected chi connectivity index (χ1v) is 6.88. The fourth-order valence-corrected chi connectivity index (χ4v) is 2.84. The fourth-order valence-electron chi connectivity index (χ4n) is 1.71. The largest absolute Gasteiger partial charge is 0.496 e. The summed E-state index contributed by atoms with van der Waals surface area (Å²) in [5.74, 6) is 1.12. The molecule has 94 valence electrons. The molecule has 0 aliphatic heterocycles.